The van der Waals surface area contributed by atoms with E-state index in [1.807, 2.05) is 5.32 Å². The van der Waals surface area contributed by atoms with E-state index in [2.05, 4.69) is 20.3 Å². The maximum Gasteiger partial charge on any atom is 0.408 e. The Kier molecular flexibility index (Phi) is 5.66. The molecule has 0 aromatic carbocycles. The lowest BCUT2D eigenvalue weighted by molar-refractivity contribution is -0.138. The summed E-state index contributed by atoms with van der Waals surface area (Å²) in [6.07, 6.45) is -5.27. The van der Waals surface area contributed by atoms with Crippen molar-refractivity contribution in [2.45, 2.75) is 43.9 Å². The van der Waals surface area contributed by atoms with Gasteiger partial charge in [0.05, 0.1) is 0 Å². The highest BCUT2D eigenvalue weighted by Crippen LogP contribution is 2.38. The van der Waals surface area contributed by atoms with E-state index in [0.29, 0.717) is 0 Å². The van der Waals surface area contributed by atoms with Crippen molar-refractivity contribution in [2.75, 3.05) is 10.6 Å². The standard InChI is InChI=1S/C10H11ClF5N5.H2S/c1-4(10(14,15)16)17-7-19-6(11)20-8(21-7)18-5-2-9(12,13)3-5;/h4-5H,2-3H2,1H3,(H2,17,18,19,20,21);1H2/t4-;/m0./s1. The highest BCUT2D eigenvalue weighted by Gasteiger charge is 2.45. The molecule has 12 heteroatoms. The Morgan fingerprint density at radius 3 is 2.23 bits per heavy atom. The van der Waals surface area contributed by atoms with Gasteiger partial charge in [-0.3, -0.25) is 0 Å². The molecule has 1 fully saturated rings. The normalized spacial score (nSPS) is 18.9. The van der Waals surface area contributed by atoms with E-state index in [4.69, 9.17) is 11.6 Å². The molecule has 0 aliphatic heterocycles. The molecule has 0 saturated heterocycles. The van der Waals surface area contributed by atoms with E-state index in [9.17, 15) is 22.0 Å². The predicted molar refractivity (Wildman–Crippen MR) is 75.9 cm³/mol. The van der Waals surface area contributed by atoms with Crippen LogP contribution in [-0.4, -0.2) is 39.1 Å². The zero-order valence-electron chi connectivity index (χ0n) is 11.2. The molecule has 0 radical (unpaired) electrons. The first kappa shape index (κ1) is 18.9. The summed E-state index contributed by atoms with van der Waals surface area (Å²) in [5.74, 6) is -3.26. The molecule has 0 bridgehead atoms. The van der Waals surface area contributed by atoms with Crippen LogP contribution in [0.15, 0.2) is 0 Å². The van der Waals surface area contributed by atoms with Crippen molar-refractivity contribution >= 4 is 37.0 Å². The van der Waals surface area contributed by atoms with Crippen molar-refractivity contribution in [2.24, 2.45) is 0 Å². The highest BCUT2D eigenvalue weighted by molar-refractivity contribution is 7.59. The maximum atomic E-state index is 12.7. The molecular formula is C10H13ClF5N5S. The number of rotatable bonds is 4. The van der Waals surface area contributed by atoms with Gasteiger partial charge in [-0.05, 0) is 18.5 Å². The number of halogens is 6. The fourth-order valence-electron chi connectivity index (χ4n) is 1.70. The van der Waals surface area contributed by atoms with Gasteiger partial charge in [-0.1, -0.05) is 0 Å². The van der Waals surface area contributed by atoms with Gasteiger partial charge in [0.15, 0.2) is 0 Å². The van der Waals surface area contributed by atoms with Gasteiger partial charge in [-0.25, -0.2) is 8.78 Å². The van der Waals surface area contributed by atoms with Crippen LogP contribution in [-0.2, 0) is 0 Å². The second kappa shape index (κ2) is 6.57. The van der Waals surface area contributed by atoms with Crippen LogP contribution in [0.3, 0.4) is 0 Å². The lowest BCUT2D eigenvalue weighted by Gasteiger charge is -2.35. The minimum Gasteiger partial charge on any atom is -0.351 e. The van der Waals surface area contributed by atoms with Crippen LogP contribution >= 0.6 is 25.1 Å². The molecule has 2 N–H and O–H groups in total. The number of anilines is 2. The summed E-state index contributed by atoms with van der Waals surface area (Å²) < 4.78 is 62.7. The third-order valence-corrected chi connectivity index (χ3v) is 3.04. The van der Waals surface area contributed by atoms with Gasteiger partial charge in [0, 0.05) is 18.9 Å². The van der Waals surface area contributed by atoms with Crippen LogP contribution in [0.2, 0.25) is 5.28 Å². The van der Waals surface area contributed by atoms with E-state index in [1.54, 1.807) is 0 Å². The SMILES string of the molecule is C[C@H](Nc1nc(Cl)nc(NC2CC(F)(F)C2)n1)C(F)(F)F.S. The lowest BCUT2D eigenvalue weighted by Crippen LogP contribution is -2.44. The zero-order valence-corrected chi connectivity index (χ0v) is 12.9. The average molecular weight is 366 g/mol. The molecular weight excluding hydrogens is 353 g/mol. The molecule has 126 valence electrons. The fraction of sp³-hybridized carbons (Fsp3) is 0.700. The van der Waals surface area contributed by atoms with Crippen LogP contribution in [0.5, 0.6) is 0 Å². The smallest absolute Gasteiger partial charge is 0.351 e. The highest BCUT2D eigenvalue weighted by atomic mass is 35.5. The number of hydrogen-bond acceptors (Lipinski definition) is 5. The van der Waals surface area contributed by atoms with Gasteiger partial charge in [-0.15, -0.1) is 0 Å². The molecule has 5 nitrogen and oxygen atoms in total. The molecule has 1 heterocycles. The molecule has 1 aliphatic rings. The fourth-order valence-corrected chi connectivity index (χ4v) is 1.86. The molecule has 2 rings (SSSR count). The summed E-state index contributed by atoms with van der Waals surface area (Å²) in [6.45, 7) is 0.886. The van der Waals surface area contributed by atoms with Crippen molar-refractivity contribution in [3.8, 4) is 0 Å². The number of hydrogen-bond donors (Lipinski definition) is 2. The van der Waals surface area contributed by atoms with E-state index < -0.39 is 37.0 Å². The van der Waals surface area contributed by atoms with Crippen molar-refractivity contribution in [3.05, 3.63) is 5.28 Å². The van der Waals surface area contributed by atoms with E-state index in [0.717, 1.165) is 6.92 Å². The summed E-state index contributed by atoms with van der Waals surface area (Å²) in [5.41, 5.74) is 0. The minimum absolute atomic E-state index is 0. The van der Waals surface area contributed by atoms with Crippen LogP contribution in [0, 0.1) is 0 Å². The first-order chi connectivity index (χ1) is 9.55. The van der Waals surface area contributed by atoms with Gasteiger partial charge < -0.3 is 10.6 Å². The topological polar surface area (TPSA) is 62.7 Å². The summed E-state index contributed by atoms with van der Waals surface area (Å²) in [5, 5.41) is 4.27. The quantitative estimate of drug-likeness (QED) is 0.802. The third kappa shape index (κ3) is 4.97. The van der Waals surface area contributed by atoms with E-state index in [1.165, 1.54) is 0 Å². The summed E-state index contributed by atoms with van der Waals surface area (Å²) >= 11 is 5.58. The molecule has 1 aromatic rings. The first-order valence-corrected chi connectivity index (χ1v) is 6.32. The number of nitrogens with zero attached hydrogens (tertiary/aromatic N) is 3. The third-order valence-electron chi connectivity index (χ3n) is 2.87. The zero-order chi connectivity index (χ0) is 15.8. The van der Waals surface area contributed by atoms with Gasteiger partial charge in [0.1, 0.15) is 6.04 Å². The summed E-state index contributed by atoms with van der Waals surface area (Å²) in [7, 11) is 0. The number of nitrogens with one attached hydrogen (secondary N) is 2. The van der Waals surface area contributed by atoms with Crippen molar-refractivity contribution in [1.29, 1.82) is 0 Å². The first-order valence-electron chi connectivity index (χ1n) is 5.94. The second-order valence-electron chi connectivity index (χ2n) is 4.76. The minimum atomic E-state index is -4.48. The predicted octanol–water partition coefficient (Wildman–Crippen LogP) is 3.21. The number of alkyl halides is 5. The maximum absolute atomic E-state index is 12.7. The van der Waals surface area contributed by atoms with Crippen LogP contribution in [0.1, 0.15) is 19.8 Å². The Morgan fingerprint density at radius 1 is 1.18 bits per heavy atom. The largest absolute Gasteiger partial charge is 0.408 e. The van der Waals surface area contributed by atoms with Crippen LogP contribution in [0.25, 0.3) is 0 Å². The molecule has 1 aliphatic carbocycles. The lowest BCUT2D eigenvalue weighted by atomic mass is 9.88. The summed E-state index contributed by atoms with van der Waals surface area (Å²) in [4.78, 5) is 10.8. The van der Waals surface area contributed by atoms with Crippen LogP contribution in [0.4, 0.5) is 33.8 Å². The number of aromatic nitrogens is 3. The Hall–Kier alpha value is -1.10. The van der Waals surface area contributed by atoms with Crippen molar-refractivity contribution in [1.82, 2.24) is 15.0 Å². The molecule has 1 aromatic heterocycles. The van der Waals surface area contributed by atoms with E-state index >= 15 is 0 Å². The van der Waals surface area contributed by atoms with Gasteiger partial charge in [0.2, 0.25) is 17.2 Å². The Morgan fingerprint density at radius 2 is 1.73 bits per heavy atom. The Balaban J connectivity index is 0.00000242. The van der Waals surface area contributed by atoms with Gasteiger partial charge in [-0.2, -0.15) is 41.6 Å². The summed E-state index contributed by atoms with van der Waals surface area (Å²) in [6, 6.07) is -2.44. The molecule has 0 spiro atoms. The van der Waals surface area contributed by atoms with Gasteiger partial charge in [0.25, 0.3) is 5.92 Å². The van der Waals surface area contributed by atoms with E-state index in [-0.39, 0.29) is 30.7 Å². The molecule has 0 unspecified atom stereocenters. The van der Waals surface area contributed by atoms with Crippen molar-refractivity contribution in [3.63, 3.8) is 0 Å². The van der Waals surface area contributed by atoms with Gasteiger partial charge >= 0.3 is 6.18 Å². The van der Waals surface area contributed by atoms with Crippen LogP contribution < -0.4 is 10.6 Å². The molecule has 1 atom stereocenters. The average Bonchev–Trinajstić information content (AvgIpc) is 2.23. The molecule has 22 heavy (non-hydrogen) atoms. The Labute approximate surface area is 134 Å². The molecule has 0 amide bonds. The van der Waals surface area contributed by atoms with Crippen molar-refractivity contribution < 1.29 is 22.0 Å². The monoisotopic (exact) mass is 365 g/mol. The molecule has 1 saturated carbocycles. The Bertz CT molecular complexity index is 521. The second-order valence-corrected chi connectivity index (χ2v) is 5.10.